The van der Waals surface area contributed by atoms with Crippen LogP contribution < -0.4 is 11.1 Å². The average molecular weight is 287 g/mol. The summed E-state index contributed by atoms with van der Waals surface area (Å²) in [5.74, 6) is -1.73. The number of nitriles is 1. The Morgan fingerprint density at radius 3 is 1.85 bits per heavy atom. The van der Waals surface area contributed by atoms with Crippen LogP contribution in [0.4, 0.5) is 0 Å². The van der Waals surface area contributed by atoms with Crippen LogP contribution in [0.2, 0.25) is 0 Å². The molecule has 2 atom stereocenters. The zero-order chi connectivity index (χ0) is 16.3. The topological polar surface area (TPSA) is 136 Å². The maximum Gasteiger partial charge on any atom is 0.320 e. The monoisotopic (exact) mass is 287 g/mol. The van der Waals surface area contributed by atoms with E-state index in [1.54, 1.807) is 13.8 Å². The van der Waals surface area contributed by atoms with Crippen LogP contribution in [-0.4, -0.2) is 40.8 Å². The van der Waals surface area contributed by atoms with Crippen LogP contribution in [0.15, 0.2) is 0 Å². The van der Waals surface area contributed by atoms with Gasteiger partial charge in [0.1, 0.15) is 12.1 Å². The number of nitrogens with one attached hydrogen (secondary N) is 1. The number of aliphatic carboxylic acids is 2. The molecular formula is C13H25N3O4. The summed E-state index contributed by atoms with van der Waals surface area (Å²) in [5.41, 5.74) is 5.16. The average Bonchev–Trinajstić information content (AvgIpc) is 2.33. The molecule has 0 aliphatic rings. The molecule has 0 bridgehead atoms. The van der Waals surface area contributed by atoms with Crippen LogP contribution >= 0.6 is 0 Å². The van der Waals surface area contributed by atoms with Gasteiger partial charge < -0.3 is 21.3 Å². The maximum atomic E-state index is 10.6. The minimum atomic E-state index is -0.931. The molecule has 0 aromatic rings. The first-order valence-electron chi connectivity index (χ1n) is 6.46. The summed E-state index contributed by atoms with van der Waals surface area (Å²) in [4.78, 5) is 20.6. The van der Waals surface area contributed by atoms with Gasteiger partial charge in [-0.3, -0.25) is 9.59 Å². The number of carboxylic acids is 2. The molecule has 0 saturated heterocycles. The van der Waals surface area contributed by atoms with Crippen LogP contribution in [0.3, 0.4) is 0 Å². The smallest absolute Gasteiger partial charge is 0.320 e. The molecular weight excluding hydrogens is 262 g/mol. The molecule has 20 heavy (non-hydrogen) atoms. The Balaban J connectivity index is 0. The van der Waals surface area contributed by atoms with Gasteiger partial charge in [-0.05, 0) is 11.8 Å². The number of carboxylic acid groups (broad SMARTS) is 2. The molecule has 0 radical (unpaired) electrons. The highest BCUT2D eigenvalue weighted by atomic mass is 16.4. The second kappa shape index (κ2) is 11.2. The van der Waals surface area contributed by atoms with Gasteiger partial charge >= 0.3 is 11.9 Å². The van der Waals surface area contributed by atoms with E-state index in [2.05, 4.69) is 5.32 Å². The molecule has 5 N–H and O–H groups in total. The summed E-state index contributed by atoms with van der Waals surface area (Å²) in [5, 5.41) is 27.9. The number of rotatable bonds is 7. The Bertz CT molecular complexity index is 337. The lowest BCUT2D eigenvalue weighted by Crippen LogP contribution is -2.41. The van der Waals surface area contributed by atoms with Crippen molar-refractivity contribution >= 4 is 11.9 Å². The minimum Gasteiger partial charge on any atom is -0.480 e. The minimum absolute atomic E-state index is 0.0208. The third-order valence-corrected chi connectivity index (χ3v) is 2.54. The Morgan fingerprint density at radius 1 is 1.15 bits per heavy atom. The van der Waals surface area contributed by atoms with Crippen LogP contribution in [0, 0.1) is 23.2 Å². The van der Waals surface area contributed by atoms with Gasteiger partial charge in [0.2, 0.25) is 0 Å². The molecule has 0 heterocycles. The fraction of sp³-hybridized carbons (Fsp3) is 0.769. The highest BCUT2D eigenvalue weighted by Crippen LogP contribution is 2.01. The zero-order valence-corrected chi connectivity index (χ0v) is 12.5. The third-order valence-electron chi connectivity index (χ3n) is 2.54. The Hall–Kier alpha value is -1.65. The van der Waals surface area contributed by atoms with Gasteiger partial charge in [-0.2, -0.15) is 5.26 Å². The summed E-state index contributed by atoms with van der Waals surface area (Å²) in [7, 11) is 0. The summed E-state index contributed by atoms with van der Waals surface area (Å²) >= 11 is 0. The van der Waals surface area contributed by atoms with Crippen LogP contribution in [-0.2, 0) is 9.59 Å². The normalized spacial score (nSPS) is 13.1. The van der Waals surface area contributed by atoms with E-state index < -0.39 is 24.0 Å². The molecule has 0 aromatic heterocycles. The van der Waals surface area contributed by atoms with E-state index in [4.69, 9.17) is 21.2 Å². The van der Waals surface area contributed by atoms with Crippen LogP contribution in [0.5, 0.6) is 0 Å². The van der Waals surface area contributed by atoms with Crippen molar-refractivity contribution < 1.29 is 19.8 Å². The van der Waals surface area contributed by atoms with E-state index in [1.807, 2.05) is 19.9 Å². The van der Waals surface area contributed by atoms with Crippen molar-refractivity contribution in [2.75, 3.05) is 6.54 Å². The highest BCUT2D eigenvalue weighted by molar-refractivity contribution is 5.73. The SMILES string of the molecule is CC(C)C(N)C(=O)O.CC(C)[C@H](NCCC#N)C(=O)O. The molecule has 0 rings (SSSR count). The molecule has 0 amide bonds. The van der Waals surface area contributed by atoms with Gasteiger partial charge in [0.25, 0.3) is 0 Å². The van der Waals surface area contributed by atoms with Gasteiger partial charge in [0.15, 0.2) is 0 Å². The molecule has 7 heteroatoms. The molecule has 1 unspecified atom stereocenters. The predicted octanol–water partition coefficient (Wildman–Crippen LogP) is 0.653. The number of carbonyl (C=O) groups is 2. The number of nitrogens with two attached hydrogens (primary N) is 1. The van der Waals surface area contributed by atoms with Crippen molar-refractivity contribution in [3.63, 3.8) is 0 Å². The second-order valence-electron chi connectivity index (χ2n) is 5.03. The predicted molar refractivity (Wildman–Crippen MR) is 74.9 cm³/mol. The summed E-state index contributed by atoms with van der Waals surface area (Å²) in [6.45, 7) is 7.65. The number of nitrogens with zero attached hydrogens (tertiary/aromatic N) is 1. The van der Waals surface area contributed by atoms with Crippen LogP contribution in [0.25, 0.3) is 0 Å². The van der Waals surface area contributed by atoms with Crippen molar-refractivity contribution in [3.8, 4) is 6.07 Å². The van der Waals surface area contributed by atoms with Gasteiger partial charge in [0.05, 0.1) is 6.07 Å². The van der Waals surface area contributed by atoms with E-state index in [0.717, 1.165) is 0 Å². The highest BCUT2D eigenvalue weighted by Gasteiger charge is 2.19. The Labute approximate surface area is 119 Å². The lowest BCUT2D eigenvalue weighted by Gasteiger charge is -2.16. The van der Waals surface area contributed by atoms with Crippen molar-refractivity contribution in [2.24, 2.45) is 17.6 Å². The van der Waals surface area contributed by atoms with E-state index in [0.29, 0.717) is 13.0 Å². The van der Waals surface area contributed by atoms with Gasteiger partial charge in [0, 0.05) is 13.0 Å². The van der Waals surface area contributed by atoms with Gasteiger partial charge in [-0.15, -0.1) is 0 Å². The second-order valence-corrected chi connectivity index (χ2v) is 5.03. The van der Waals surface area contributed by atoms with Crippen molar-refractivity contribution in [1.29, 1.82) is 5.26 Å². The summed E-state index contributed by atoms with van der Waals surface area (Å²) < 4.78 is 0. The fourth-order valence-electron chi connectivity index (χ4n) is 1.18. The largest absolute Gasteiger partial charge is 0.480 e. The molecule has 116 valence electrons. The third kappa shape index (κ3) is 10.3. The number of hydrogen-bond acceptors (Lipinski definition) is 5. The van der Waals surface area contributed by atoms with Crippen molar-refractivity contribution in [1.82, 2.24) is 5.32 Å². The Morgan fingerprint density at radius 2 is 1.65 bits per heavy atom. The molecule has 0 aromatic carbocycles. The standard InChI is InChI=1S/C8H14N2O2.C5H11NO2/c1-6(2)7(8(11)12)10-5-3-4-9;1-3(2)4(6)5(7)8/h6-7,10H,3,5H2,1-2H3,(H,11,12);3-4H,6H2,1-2H3,(H,7,8)/t7-;/m0./s1. The van der Waals surface area contributed by atoms with Crippen molar-refractivity contribution in [3.05, 3.63) is 0 Å². The molecule has 0 spiro atoms. The number of hydrogen-bond donors (Lipinski definition) is 4. The van der Waals surface area contributed by atoms with Gasteiger partial charge in [-0.25, -0.2) is 0 Å². The Kier molecular flexibility index (Phi) is 11.6. The van der Waals surface area contributed by atoms with E-state index in [9.17, 15) is 9.59 Å². The first-order chi connectivity index (χ1) is 9.14. The molecule has 0 aliphatic heterocycles. The quantitative estimate of drug-likeness (QED) is 0.504. The first kappa shape index (κ1) is 20.7. The maximum absolute atomic E-state index is 10.6. The lowest BCUT2D eigenvalue weighted by molar-refractivity contribution is -0.141. The van der Waals surface area contributed by atoms with Crippen molar-refractivity contribution in [2.45, 2.75) is 46.2 Å². The molecule has 0 fully saturated rings. The van der Waals surface area contributed by atoms with E-state index in [1.165, 1.54) is 0 Å². The van der Waals surface area contributed by atoms with Gasteiger partial charge in [-0.1, -0.05) is 27.7 Å². The summed E-state index contributed by atoms with van der Waals surface area (Å²) in [6, 6.07) is 0.689. The van der Waals surface area contributed by atoms with E-state index in [-0.39, 0.29) is 11.8 Å². The molecule has 0 aliphatic carbocycles. The zero-order valence-electron chi connectivity index (χ0n) is 12.5. The first-order valence-corrected chi connectivity index (χ1v) is 6.46. The molecule has 7 nitrogen and oxygen atoms in total. The lowest BCUT2D eigenvalue weighted by atomic mass is 10.1. The van der Waals surface area contributed by atoms with E-state index >= 15 is 0 Å². The van der Waals surface area contributed by atoms with Crippen LogP contribution in [0.1, 0.15) is 34.1 Å². The fourth-order valence-corrected chi connectivity index (χ4v) is 1.18. The summed E-state index contributed by atoms with van der Waals surface area (Å²) in [6.07, 6.45) is 0.344. The molecule has 0 saturated carbocycles.